The topological polar surface area (TPSA) is 92.5 Å². The van der Waals surface area contributed by atoms with Gasteiger partial charge in [0.05, 0.1) is 17.1 Å². The molecule has 2 N–H and O–H groups in total. The minimum atomic E-state index is -0.658. The first-order valence-corrected chi connectivity index (χ1v) is 5.19. The fraction of sp³-hybridized carbons (Fsp3) is 0.300. The van der Waals surface area contributed by atoms with Gasteiger partial charge in [0.1, 0.15) is 5.02 Å². The van der Waals surface area contributed by atoms with E-state index in [1.807, 2.05) is 0 Å². The first-order valence-electron chi connectivity index (χ1n) is 4.82. The third-order valence-electron chi connectivity index (χ3n) is 2.07. The van der Waals surface area contributed by atoms with E-state index >= 15 is 0 Å². The minimum absolute atomic E-state index is 0.0150. The molecule has 17 heavy (non-hydrogen) atoms. The fourth-order valence-electron chi connectivity index (χ4n) is 1.18. The molecule has 0 heterocycles. The number of nitrogens with one attached hydrogen (secondary N) is 1. The van der Waals surface area contributed by atoms with Gasteiger partial charge in [-0.25, -0.2) is 0 Å². The molecule has 0 radical (unpaired) electrons. The predicted octanol–water partition coefficient (Wildman–Crippen LogP) is 1.36. The third kappa shape index (κ3) is 3.15. The molecule has 6 nitrogen and oxygen atoms in total. The van der Waals surface area contributed by atoms with Crippen molar-refractivity contribution in [3.05, 3.63) is 38.9 Å². The number of nitro benzene ring substituents is 1. The van der Waals surface area contributed by atoms with Crippen molar-refractivity contribution < 1.29 is 14.8 Å². The van der Waals surface area contributed by atoms with Crippen molar-refractivity contribution in [3.8, 4) is 0 Å². The van der Waals surface area contributed by atoms with Crippen molar-refractivity contribution in [1.82, 2.24) is 5.32 Å². The largest absolute Gasteiger partial charge is 0.394 e. The second-order valence-corrected chi connectivity index (χ2v) is 3.83. The predicted molar refractivity (Wildman–Crippen MR) is 62.1 cm³/mol. The SMILES string of the molecule is CC(CO)NC(=O)c1cccc([N+](=O)[O-])c1Cl. The van der Waals surface area contributed by atoms with Crippen LogP contribution in [0.25, 0.3) is 0 Å². The molecular weight excluding hydrogens is 248 g/mol. The number of aliphatic hydroxyl groups is 1. The first kappa shape index (κ1) is 13.4. The highest BCUT2D eigenvalue weighted by molar-refractivity contribution is 6.35. The normalized spacial score (nSPS) is 11.9. The van der Waals surface area contributed by atoms with Gasteiger partial charge in [0.2, 0.25) is 0 Å². The first-order chi connectivity index (χ1) is 7.97. The lowest BCUT2D eigenvalue weighted by molar-refractivity contribution is -0.384. The van der Waals surface area contributed by atoms with E-state index in [1.54, 1.807) is 6.92 Å². The summed E-state index contributed by atoms with van der Waals surface area (Å²) in [5.41, 5.74) is -0.308. The fourth-order valence-corrected chi connectivity index (χ4v) is 1.46. The zero-order valence-corrected chi connectivity index (χ0v) is 9.77. The summed E-state index contributed by atoms with van der Waals surface area (Å²) in [6.07, 6.45) is 0. The van der Waals surface area contributed by atoms with Crippen LogP contribution >= 0.6 is 11.6 Å². The molecule has 1 atom stereocenters. The molecule has 1 rings (SSSR count). The second-order valence-electron chi connectivity index (χ2n) is 3.45. The number of amides is 1. The smallest absolute Gasteiger partial charge is 0.288 e. The van der Waals surface area contributed by atoms with Gasteiger partial charge in [-0.15, -0.1) is 0 Å². The maximum atomic E-state index is 11.7. The summed E-state index contributed by atoms with van der Waals surface area (Å²) >= 11 is 5.76. The summed E-state index contributed by atoms with van der Waals surface area (Å²) in [7, 11) is 0. The van der Waals surface area contributed by atoms with E-state index in [0.717, 1.165) is 0 Å². The molecule has 0 aliphatic carbocycles. The van der Waals surface area contributed by atoms with Crippen LogP contribution in [0.5, 0.6) is 0 Å². The molecule has 0 spiro atoms. The summed E-state index contributed by atoms with van der Waals surface area (Å²) in [4.78, 5) is 21.6. The summed E-state index contributed by atoms with van der Waals surface area (Å²) in [5, 5.41) is 21.7. The van der Waals surface area contributed by atoms with Gasteiger partial charge in [-0.2, -0.15) is 0 Å². The Labute approximate surface area is 102 Å². The molecule has 0 fully saturated rings. The number of carbonyl (C=O) groups is 1. The Kier molecular flexibility index (Phi) is 4.42. The number of rotatable bonds is 4. The molecule has 0 aromatic heterocycles. The lowest BCUT2D eigenvalue weighted by Crippen LogP contribution is -2.35. The number of nitrogens with zero attached hydrogens (tertiary/aromatic N) is 1. The molecule has 1 aromatic carbocycles. The van der Waals surface area contributed by atoms with Crippen LogP contribution in [0.15, 0.2) is 18.2 Å². The maximum Gasteiger partial charge on any atom is 0.288 e. The molecule has 92 valence electrons. The van der Waals surface area contributed by atoms with Gasteiger partial charge in [-0.05, 0) is 13.0 Å². The maximum absolute atomic E-state index is 11.7. The number of hydrogen-bond acceptors (Lipinski definition) is 4. The lowest BCUT2D eigenvalue weighted by Gasteiger charge is -2.11. The lowest BCUT2D eigenvalue weighted by atomic mass is 10.1. The van der Waals surface area contributed by atoms with E-state index in [1.165, 1.54) is 18.2 Å². The van der Waals surface area contributed by atoms with E-state index in [4.69, 9.17) is 16.7 Å². The van der Waals surface area contributed by atoms with Crippen molar-refractivity contribution in [2.75, 3.05) is 6.61 Å². The molecule has 7 heteroatoms. The average molecular weight is 259 g/mol. The quantitative estimate of drug-likeness (QED) is 0.630. The highest BCUT2D eigenvalue weighted by Crippen LogP contribution is 2.27. The zero-order valence-electron chi connectivity index (χ0n) is 9.01. The minimum Gasteiger partial charge on any atom is -0.394 e. The summed E-state index contributed by atoms with van der Waals surface area (Å²) in [6.45, 7) is 1.38. The Morgan fingerprint density at radius 1 is 1.65 bits per heavy atom. The molecule has 0 bridgehead atoms. The van der Waals surface area contributed by atoms with Crippen LogP contribution < -0.4 is 5.32 Å². The number of nitro groups is 1. The van der Waals surface area contributed by atoms with Crippen molar-refractivity contribution in [1.29, 1.82) is 0 Å². The number of benzene rings is 1. The van der Waals surface area contributed by atoms with Crippen molar-refractivity contribution >= 4 is 23.2 Å². The summed E-state index contributed by atoms with van der Waals surface area (Å²) in [6, 6.07) is 3.53. The van der Waals surface area contributed by atoms with Crippen LogP contribution in [0.2, 0.25) is 5.02 Å². The van der Waals surface area contributed by atoms with Gasteiger partial charge in [0, 0.05) is 12.1 Å². The third-order valence-corrected chi connectivity index (χ3v) is 2.47. The van der Waals surface area contributed by atoms with Crippen LogP contribution in [0, 0.1) is 10.1 Å². The summed E-state index contributed by atoms with van der Waals surface area (Å²) in [5.74, 6) is -0.555. The molecule has 1 unspecified atom stereocenters. The van der Waals surface area contributed by atoms with Crippen molar-refractivity contribution in [2.24, 2.45) is 0 Å². The average Bonchev–Trinajstić information content (AvgIpc) is 2.28. The van der Waals surface area contributed by atoms with Gasteiger partial charge < -0.3 is 10.4 Å². The van der Waals surface area contributed by atoms with Crippen molar-refractivity contribution in [3.63, 3.8) is 0 Å². The highest BCUT2D eigenvalue weighted by Gasteiger charge is 2.20. The Hall–Kier alpha value is -1.66. The second kappa shape index (κ2) is 5.60. The molecular formula is C10H11ClN2O4. The van der Waals surface area contributed by atoms with Gasteiger partial charge >= 0.3 is 0 Å². The van der Waals surface area contributed by atoms with Crippen LogP contribution in [0.4, 0.5) is 5.69 Å². The van der Waals surface area contributed by atoms with Gasteiger partial charge in [0.15, 0.2) is 0 Å². The van der Waals surface area contributed by atoms with E-state index in [0.29, 0.717) is 0 Å². The number of hydrogen-bond donors (Lipinski definition) is 2. The number of aliphatic hydroxyl groups excluding tert-OH is 1. The Morgan fingerprint density at radius 2 is 2.29 bits per heavy atom. The standard InChI is InChI=1S/C10H11ClN2O4/c1-6(5-14)12-10(15)7-3-2-4-8(9(7)11)13(16)17/h2-4,6,14H,5H2,1H3,(H,12,15). The molecule has 0 aliphatic heterocycles. The molecule has 1 aromatic rings. The molecule has 0 aliphatic rings. The van der Waals surface area contributed by atoms with Gasteiger partial charge in [0.25, 0.3) is 11.6 Å². The Bertz CT molecular complexity index is 450. The monoisotopic (exact) mass is 258 g/mol. The van der Waals surface area contributed by atoms with Crippen LogP contribution in [-0.4, -0.2) is 28.6 Å². The van der Waals surface area contributed by atoms with Crippen LogP contribution in [0.3, 0.4) is 0 Å². The molecule has 1 amide bonds. The van der Waals surface area contributed by atoms with Crippen LogP contribution in [0.1, 0.15) is 17.3 Å². The van der Waals surface area contributed by atoms with E-state index in [2.05, 4.69) is 5.32 Å². The van der Waals surface area contributed by atoms with E-state index in [-0.39, 0.29) is 22.9 Å². The molecule has 0 saturated heterocycles. The zero-order chi connectivity index (χ0) is 13.0. The molecule has 0 saturated carbocycles. The van der Waals surface area contributed by atoms with Crippen molar-refractivity contribution in [2.45, 2.75) is 13.0 Å². The van der Waals surface area contributed by atoms with Gasteiger partial charge in [-0.1, -0.05) is 17.7 Å². The Balaban J connectivity index is 3.02. The highest BCUT2D eigenvalue weighted by atomic mass is 35.5. The Morgan fingerprint density at radius 3 is 2.82 bits per heavy atom. The number of carbonyl (C=O) groups excluding carboxylic acids is 1. The van der Waals surface area contributed by atoms with E-state index in [9.17, 15) is 14.9 Å². The van der Waals surface area contributed by atoms with Crippen LogP contribution in [-0.2, 0) is 0 Å². The summed E-state index contributed by atoms with van der Waals surface area (Å²) < 4.78 is 0. The number of halogens is 1. The van der Waals surface area contributed by atoms with Gasteiger partial charge in [-0.3, -0.25) is 14.9 Å². The van der Waals surface area contributed by atoms with E-state index < -0.39 is 16.9 Å².